The van der Waals surface area contributed by atoms with E-state index in [1.807, 2.05) is 6.92 Å². The number of hydrogen-bond acceptors (Lipinski definition) is 2. The van der Waals surface area contributed by atoms with Gasteiger partial charge in [0.25, 0.3) is 5.91 Å². The van der Waals surface area contributed by atoms with Crippen LogP contribution >= 0.6 is 0 Å². The number of rotatable bonds is 2. The Kier molecular flexibility index (Phi) is 2.91. The van der Waals surface area contributed by atoms with E-state index in [0.29, 0.717) is 25.1 Å². The lowest BCUT2D eigenvalue weighted by molar-refractivity contribution is -0.0826. The maximum Gasteiger partial charge on any atom is 0.254 e. The highest BCUT2D eigenvalue weighted by Crippen LogP contribution is 2.26. The molecule has 1 aliphatic rings. The molecule has 0 saturated carbocycles. The number of aryl methyl sites for hydroxylation is 1. The summed E-state index contributed by atoms with van der Waals surface area (Å²) >= 11 is 0. The summed E-state index contributed by atoms with van der Waals surface area (Å²) in [5, 5.41) is 9.83. The third-order valence-electron chi connectivity index (χ3n) is 3.20. The van der Waals surface area contributed by atoms with Crippen molar-refractivity contribution < 1.29 is 14.3 Å². The molecule has 0 aromatic heterocycles. The smallest absolute Gasteiger partial charge is 0.254 e. The second kappa shape index (κ2) is 4.11. The highest BCUT2D eigenvalue weighted by molar-refractivity contribution is 5.95. The van der Waals surface area contributed by atoms with Crippen molar-refractivity contribution in [1.29, 1.82) is 0 Å². The zero-order valence-electron chi connectivity index (χ0n) is 10.0. The zero-order chi connectivity index (χ0) is 12.6. The van der Waals surface area contributed by atoms with E-state index in [0.717, 1.165) is 5.56 Å². The monoisotopic (exact) mass is 237 g/mol. The predicted octanol–water partition coefficient (Wildman–Crippen LogP) is 1.73. The molecule has 1 fully saturated rings. The molecular formula is C13H16FNO2. The number of benzene rings is 1. The summed E-state index contributed by atoms with van der Waals surface area (Å²) in [6, 6.07) is 4.28. The quantitative estimate of drug-likeness (QED) is 0.851. The van der Waals surface area contributed by atoms with Crippen LogP contribution in [0.1, 0.15) is 29.3 Å². The van der Waals surface area contributed by atoms with Crippen LogP contribution in [0.4, 0.5) is 4.39 Å². The Morgan fingerprint density at radius 3 is 2.65 bits per heavy atom. The van der Waals surface area contributed by atoms with Gasteiger partial charge >= 0.3 is 0 Å². The van der Waals surface area contributed by atoms with Gasteiger partial charge in [-0.05, 0) is 37.1 Å². The molecule has 1 aromatic rings. The number of amides is 1. The molecule has 0 aliphatic carbocycles. The van der Waals surface area contributed by atoms with Crippen molar-refractivity contribution in [1.82, 2.24) is 4.90 Å². The highest BCUT2D eigenvalue weighted by Gasteiger charge is 2.42. The fourth-order valence-corrected chi connectivity index (χ4v) is 2.07. The molecule has 0 atom stereocenters. The molecule has 1 saturated heterocycles. The first kappa shape index (κ1) is 12.0. The van der Waals surface area contributed by atoms with Crippen LogP contribution in [0.15, 0.2) is 18.2 Å². The minimum absolute atomic E-state index is 0.217. The number of hydrogen-bond donors (Lipinski definition) is 1. The Morgan fingerprint density at radius 2 is 2.12 bits per heavy atom. The fraction of sp³-hybridized carbons (Fsp3) is 0.462. The van der Waals surface area contributed by atoms with Gasteiger partial charge in [-0.3, -0.25) is 4.79 Å². The second-order valence-electron chi connectivity index (χ2n) is 4.76. The van der Waals surface area contributed by atoms with Crippen molar-refractivity contribution in [2.75, 3.05) is 13.1 Å². The lowest BCUT2D eigenvalue weighted by Gasteiger charge is -2.46. The Hall–Kier alpha value is -1.42. The molecule has 0 unspecified atom stereocenters. The maximum atomic E-state index is 13.2. The van der Waals surface area contributed by atoms with Crippen molar-refractivity contribution in [3.05, 3.63) is 35.1 Å². The van der Waals surface area contributed by atoms with Crippen LogP contribution in [0.5, 0.6) is 0 Å². The molecule has 3 nitrogen and oxygen atoms in total. The van der Waals surface area contributed by atoms with Gasteiger partial charge in [-0.15, -0.1) is 0 Å². The van der Waals surface area contributed by atoms with Gasteiger partial charge in [0.2, 0.25) is 0 Å². The predicted molar refractivity (Wildman–Crippen MR) is 62.3 cm³/mol. The molecule has 1 amide bonds. The summed E-state index contributed by atoms with van der Waals surface area (Å²) in [6.07, 6.45) is 0.624. The number of nitrogens with zero attached hydrogens (tertiary/aromatic N) is 1. The van der Waals surface area contributed by atoms with Gasteiger partial charge in [0.15, 0.2) is 0 Å². The van der Waals surface area contributed by atoms with E-state index in [9.17, 15) is 14.3 Å². The van der Waals surface area contributed by atoms with Crippen molar-refractivity contribution in [3.63, 3.8) is 0 Å². The maximum absolute atomic E-state index is 13.2. The molecule has 2 rings (SSSR count). The van der Waals surface area contributed by atoms with Crippen molar-refractivity contribution in [3.8, 4) is 0 Å². The Labute approximate surface area is 99.9 Å². The van der Waals surface area contributed by atoms with Gasteiger partial charge in [-0.1, -0.05) is 6.92 Å². The van der Waals surface area contributed by atoms with Crippen LogP contribution in [0, 0.1) is 12.7 Å². The Bertz CT molecular complexity index is 432. The first-order chi connectivity index (χ1) is 7.93. The molecular weight excluding hydrogens is 221 g/mol. The summed E-state index contributed by atoms with van der Waals surface area (Å²) in [6.45, 7) is 4.29. The average Bonchev–Trinajstić information content (AvgIpc) is 2.22. The van der Waals surface area contributed by atoms with Crippen molar-refractivity contribution in [2.45, 2.75) is 25.9 Å². The van der Waals surface area contributed by atoms with Gasteiger partial charge in [0, 0.05) is 5.56 Å². The molecule has 1 N–H and O–H groups in total. The van der Waals surface area contributed by atoms with Crippen LogP contribution in [0.3, 0.4) is 0 Å². The first-order valence-electron chi connectivity index (χ1n) is 5.72. The number of carbonyl (C=O) groups is 1. The largest absolute Gasteiger partial charge is 0.386 e. The average molecular weight is 237 g/mol. The van der Waals surface area contributed by atoms with Crippen LogP contribution in [0.25, 0.3) is 0 Å². The van der Waals surface area contributed by atoms with Gasteiger partial charge in [-0.2, -0.15) is 0 Å². The van der Waals surface area contributed by atoms with Crippen LogP contribution in [0.2, 0.25) is 0 Å². The van der Waals surface area contributed by atoms with E-state index in [1.165, 1.54) is 17.0 Å². The molecule has 4 heteroatoms. The lowest BCUT2D eigenvalue weighted by atomic mass is 9.90. The molecule has 17 heavy (non-hydrogen) atoms. The summed E-state index contributed by atoms with van der Waals surface area (Å²) in [4.78, 5) is 13.5. The molecule has 0 bridgehead atoms. The molecule has 0 spiro atoms. The number of β-amino-alcohol motifs (C(OH)–C–C–N with tert-alkyl or cyclic N) is 1. The fourth-order valence-electron chi connectivity index (χ4n) is 2.07. The van der Waals surface area contributed by atoms with Gasteiger partial charge in [0.1, 0.15) is 5.82 Å². The lowest BCUT2D eigenvalue weighted by Crippen LogP contribution is -2.63. The summed E-state index contributed by atoms with van der Waals surface area (Å²) in [5.74, 6) is -0.620. The van der Waals surface area contributed by atoms with Crippen LogP contribution < -0.4 is 0 Å². The molecule has 1 heterocycles. The van der Waals surface area contributed by atoms with E-state index in [1.54, 1.807) is 13.0 Å². The van der Waals surface area contributed by atoms with E-state index in [4.69, 9.17) is 0 Å². The first-order valence-corrected chi connectivity index (χ1v) is 5.72. The minimum atomic E-state index is -0.752. The van der Waals surface area contributed by atoms with E-state index >= 15 is 0 Å². The molecule has 1 aliphatic heterocycles. The third kappa shape index (κ3) is 2.31. The standard InChI is InChI=1S/C13H16FNO2/c1-3-13(17)7-15(8-13)12(16)10-4-9(2)5-11(14)6-10/h4-6,17H,3,7-8H2,1-2H3. The summed E-state index contributed by atoms with van der Waals surface area (Å²) in [7, 11) is 0. The van der Waals surface area contributed by atoms with Gasteiger partial charge in [0.05, 0.1) is 18.7 Å². The van der Waals surface area contributed by atoms with Crippen LogP contribution in [-0.2, 0) is 0 Å². The normalized spacial score (nSPS) is 17.8. The van der Waals surface area contributed by atoms with Crippen molar-refractivity contribution in [2.24, 2.45) is 0 Å². The Morgan fingerprint density at radius 1 is 1.47 bits per heavy atom. The number of aliphatic hydroxyl groups is 1. The minimum Gasteiger partial charge on any atom is -0.386 e. The molecule has 1 aromatic carbocycles. The second-order valence-corrected chi connectivity index (χ2v) is 4.76. The summed E-state index contributed by atoms with van der Waals surface area (Å²) < 4.78 is 13.2. The molecule has 92 valence electrons. The van der Waals surface area contributed by atoms with Crippen molar-refractivity contribution >= 4 is 5.91 Å². The van der Waals surface area contributed by atoms with Crippen LogP contribution in [-0.4, -0.2) is 34.6 Å². The summed E-state index contributed by atoms with van der Waals surface area (Å²) in [5.41, 5.74) is 0.318. The highest BCUT2D eigenvalue weighted by atomic mass is 19.1. The van der Waals surface area contributed by atoms with E-state index in [-0.39, 0.29) is 5.91 Å². The number of halogens is 1. The molecule has 0 radical (unpaired) electrons. The number of carbonyl (C=O) groups excluding carboxylic acids is 1. The van der Waals surface area contributed by atoms with Gasteiger partial charge in [-0.25, -0.2) is 4.39 Å². The Balaban J connectivity index is 2.11. The topological polar surface area (TPSA) is 40.5 Å². The van der Waals surface area contributed by atoms with E-state index < -0.39 is 11.4 Å². The van der Waals surface area contributed by atoms with E-state index in [2.05, 4.69) is 0 Å². The zero-order valence-corrected chi connectivity index (χ0v) is 10.0. The number of likely N-dealkylation sites (tertiary alicyclic amines) is 1. The van der Waals surface area contributed by atoms with Gasteiger partial charge < -0.3 is 10.0 Å². The SMILES string of the molecule is CCC1(O)CN(C(=O)c2cc(C)cc(F)c2)C1. The third-order valence-corrected chi connectivity index (χ3v) is 3.20.